The molecule has 1 unspecified atom stereocenters. The van der Waals surface area contributed by atoms with Gasteiger partial charge in [0.25, 0.3) is 0 Å². The van der Waals surface area contributed by atoms with Crippen LogP contribution < -0.4 is 5.32 Å². The van der Waals surface area contributed by atoms with Gasteiger partial charge >= 0.3 is 12.2 Å². The minimum Gasteiger partial charge on any atom is -0.366 e. The molecule has 3 aliphatic rings. The van der Waals surface area contributed by atoms with E-state index in [9.17, 15) is 27.2 Å². The fourth-order valence-corrected chi connectivity index (χ4v) is 4.28. The van der Waals surface area contributed by atoms with E-state index in [1.165, 1.54) is 24.3 Å². The molecule has 0 radical (unpaired) electrons. The highest BCUT2D eigenvalue weighted by Crippen LogP contribution is 2.35. The molecule has 4 rings (SSSR count). The van der Waals surface area contributed by atoms with Gasteiger partial charge in [0.15, 0.2) is 0 Å². The number of rotatable bonds is 4. The van der Waals surface area contributed by atoms with Crippen molar-refractivity contribution in [3.05, 3.63) is 35.6 Å². The number of piperidine rings is 1. The summed E-state index contributed by atoms with van der Waals surface area (Å²) >= 11 is 0. The second-order valence-corrected chi connectivity index (χ2v) is 8.10. The summed E-state index contributed by atoms with van der Waals surface area (Å²) in [6.07, 6.45) is -4.91. The van der Waals surface area contributed by atoms with Crippen molar-refractivity contribution in [2.75, 3.05) is 39.4 Å². The van der Waals surface area contributed by atoms with E-state index in [0.717, 1.165) is 0 Å². The van der Waals surface area contributed by atoms with Crippen LogP contribution in [0.5, 0.6) is 0 Å². The molecule has 3 saturated heterocycles. The molecule has 3 atom stereocenters. The Balaban J connectivity index is 1.36. The van der Waals surface area contributed by atoms with E-state index in [4.69, 9.17) is 9.47 Å². The quantitative estimate of drug-likeness (QED) is 0.721. The van der Waals surface area contributed by atoms with E-state index < -0.39 is 24.7 Å². The van der Waals surface area contributed by atoms with Gasteiger partial charge in [0.2, 0.25) is 5.91 Å². The lowest BCUT2D eigenvalue weighted by molar-refractivity contribution is -0.196. The van der Waals surface area contributed by atoms with Crippen molar-refractivity contribution in [1.29, 1.82) is 0 Å². The highest BCUT2D eigenvalue weighted by atomic mass is 19.4. The number of carbonyl (C=O) groups excluding carboxylic acids is 2. The highest BCUT2D eigenvalue weighted by molar-refractivity contribution is 5.79. The molecule has 3 heterocycles. The summed E-state index contributed by atoms with van der Waals surface area (Å²) in [6.45, 7) is -0.149. The van der Waals surface area contributed by atoms with Gasteiger partial charge in [-0.1, -0.05) is 12.1 Å². The molecule has 0 aliphatic carbocycles. The molecule has 3 amide bonds. The average Bonchev–Trinajstić information content (AvgIpc) is 2.68. The molecular weight excluding hydrogens is 422 g/mol. The Morgan fingerprint density at radius 3 is 2.58 bits per heavy atom. The molecule has 170 valence electrons. The number of hydrogen-bond acceptors (Lipinski definition) is 4. The first-order chi connectivity index (χ1) is 14.7. The Morgan fingerprint density at radius 1 is 1.19 bits per heavy atom. The van der Waals surface area contributed by atoms with Crippen LogP contribution in [0.1, 0.15) is 18.1 Å². The Hall–Kier alpha value is -2.40. The molecule has 0 bridgehead atoms. The summed E-state index contributed by atoms with van der Waals surface area (Å²) in [5.41, 5.74) is 0.436. The standard InChI is InChI=1S/C20H23F4N3O4/c21-14-3-1-12(2-4-14)18(31-11-20(22,23)24)13-7-27(8-13)19(29)26-6-5-16-15(9-26)25-17(28)10-30-16/h1-4,13,15-16,18H,5-11H2,(H,25,28)/t15-,16+,18?/m1/s1. The van der Waals surface area contributed by atoms with Crippen molar-refractivity contribution in [3.63, 3.8) is 0 Å². The van der Waals surface area contributed by atoms with Crippen LogP contribution in [-0.2, 0) is 14.3 Å². The number of likely N-dealkylation sites (tertiary alicyclic amines) is 2. The molecule has 3 aliphatic heterocycles. The fourth-order valence-electron chi connectivity index (χ4n) is 4.28. The average molecular weight is 445 g/mol. The van der Waals surface area contributed by atoms with Gasteiger partial charge in [-0.05, 0) is 24.1 Å². The summed E-state index contributed by atoms with van der Waals surface area (Å²) in [5.74, 6) is -1.05. The smallest absolute Gasteiger partial charge is 0.366 e. The van der Waals surface area contributed by atoms with E-state index in [0.29, 0.717) is 25.1 Å². The molecule has 1 N–H and O–H groups in total. The monoisotopic (exact) mass is 445 g/mol. The first-order valence-electron chi connectivity index (χ1n) is 10.1. The largest absolute Gasteiger partial charge is 0.411 e. The molecule has 0 aromatic heterocycles. The third kappa shape index (κ3) is 5.09. The zero-order valence-electron chi connectivity index (χ0n) is 16.6. The first-order valence-corrected chi connectivity index (χ1v) is 10.1. The minimum atomic E-state index is -4.49. The van der Waals surface area contributed by atoms with Crippen LogP contribution >= 0.6 is 0 Å². The molecule has 3 fully saturated rings. The second-order valence-electron chi connectivity index (χ2n) is 8.10. The van der Waals surface area contributed by atoms with E-state index >= 15 is 0 Å². The number of ether oxygens (including phenoxy) is 2. The van der Waals surface area contributed by atoms with Crippen molar-refractivity contribution < 1.29 is 36.6 Å². The molecular formula is C20H23F4N3O4. The lowest BCUT2D eigenvalue weighted by Gasteiger charge is -2.47. The van der Waals surface area contributed by atoms with Crippen LogP contribution in [0.15, 0.2) is 24.3 Å². The zero-order valence-corrected chi connectivity index (χ0v) is 16.6. The number of nitrogens with zero attached hydrogens (tertiary/aromatic N) is 2. The number of hydrogen-bond donors (Lipinski definition) is 1. The number of urea groups is 1. The van der Waals surface area contributed by atoms with Gasteiger partial charge in [0.05, 0.1) is 18.2 Å². The van der Waals surface area contributed by atoms with Crippen molar-refractivity contribution in [2.24, 2.45) is 5.92 Å². The van der Waals surface area contributed by atoms with Gasteiger partial charge < -0.3 is 24.6 Å². The maximum Gasteiger partial charge on any atom is 0.411 e. The van der Waals surface area contributed by atoms with E-state index in [1.807, 2.05) is 0 Å². The number of alkyl halides is 3. The third-order valence-electron chi connectivity index (χ3n) is 5.83. The number of amides is 3. The van der Waals surface area contributed by atoms with E-state index in [2.05, 4.69) is 5.32 Å². The van der Waals surface area contributed by atoms with Crippen LogP contribution in [0.2, 0.25) is 0 Å². The lowest BCUT2D eigenvalue weighted by Crippen LogP contribution is -2.64. The lowest BCUT2D eigenvalue weighted by atomic mass is 9.89. The highest BCUT2D eigenvalue weighted by Gasteiger charge is 2.43. The van der Waals surface area contributed by atoms with Gasteiger partial charge in [0.1, 0.15) is 19.0 Å². The minimum absolute atomic E-state index is 0.0195. The number of carbonyl (C=O) groups is 2. The van der Waals surface area contributed by atoms with Gasteiger partial charge in [-0.3, -0.25) is 4.79 Å². The SMILES string of the molecule is O=C1CO[C@H]2CCN(C(=O)N3CC(C(OCC(F)(F)F)c4ccc(F)cc4)C3)C[C@H]2N1. The number of benzene rings is 1. The Bertz CT molecular complexity index is 814. The summed E-state index contributed by atoms with van der Waals surface area (Å²) in [7, 11) is 0. The van der Waals surface area contributed by atoms with Crippen LogP contribution in [0.25, 0.3) is 0 Å². The van der Waals surface area contributed by atoms with Gasteiger partial charge in [0, 0.05) is 32.1 Å². The summed E-state index contributed by atoms with van der Waals surface area (Å²) in [6, 6.07) is 4.65. The van der Waals surface area contributed by atoms with Crippen molar-refractivity contribution >= 4 is 11.9 Å². The molecule has 1 aromatic rings. The Kier molecular flexibility index (Phi) is 6.07. The fraction of sp³-hybridized carbons (Fsp3) is 0.600. The molecule has 31 heavy (non-hydrogen) atoms. The van der Waals surface area contributed by atoms with Gasteiger partial charge in [-0.2, -0.15) is 13.2 Å². The van der Waals surface area contributed by atoms with Crippen LogP contribution in [0.4, 0.5) is 22.4 Å². The maximum absolute atomic E-state index is 13.2. The molecule has 11 heteroatoms. The van der Waals surface area contributed by atoms with Gasteiger partial charge in [-0.25, -0.2) is 9.18 Å². The molecule has 1 aromatic carbocycles. The number of morpholine rings is 1. The Morgan fingerprint density at radius 2 is 1.90 bits per heavy atom. The first kappa shape index (κ1) is 21.8. The van der Waals surface area contributed by atoms with Crippen molar-refractivity contribution in [1.82, 2.24) is 15.1 Å². The van der Waals surface area contributed by atoms with Crippen LogP contribution in [0.3, 0.4) is 0 Å². The van der Waals surface area contributed by atoms with Crippen molar-refractivity contribution in [3.8, 4) is 0 Å². The predicted octanol–water partition coefficient (Wildman–Crippen LogP) is 2.09. The van der Waals surface area contributed by atoms with Crippen LogP contribution in [0, 0.1) is 11.7 Å². The van der Waals surface area contributed by atoms with E-state index in [1.54, 1.807) is 9.80 Å². The molecule has 0 saturated carbocycles. The van der Waals surface area contributed by atoms with E-state index in [-0.39, 0.29) is 49.7 Å². The predicted molar refractivity (Wildman–Crippen MR) is 99.5 cm³/mol. The summed E-state index contributed by atoms with van der Waals surface area (Å²) in [4.78, 5) is 27.5. The Labute approximate surface area is 176 Å². The van der Waals surface area contributed by atoms with Gasteiger partial charge in [-0.15, -0.1) is 0 Å². The molecule has 0 spiro atoms. The third-order valence-corrected chi connectivity index (χ3v) is 5.83. The summed E-state index contributed by atoms with van der Waals surface area (Å²) < 4.78 is 61.9. The van der Waals surface area contributed by atoms with Crippen molar-refractivity contribution in [2.45, 2.75) is 30.8 Å². The zero-order chi connectivity index (χ0) is 22.2. The maximum atomic E-state index is 13.2. The topological polar surface area (TPSA) is 71.1 Å². The summed E-state index contributed by atoms with van der Waals surface area (Å²) in [5, 5.41) is 2.83. The number of nitrogens with one attached hydrogen (secondary N) is 1. The number of fused-ring (bicyclic) bond motifs is 1. The molecule has 7 nitrogen and oxygen atoms in total. The second kappa shape index (κ2) is 8.62. The van der Waals surface area contributed by atoms with Crippen LogP contribution in [-0.4, -0.2) is 79.5 Å². The number of halogens is 4. The normalized spacial score (nSPS) is 25.5.